The van der Waals surface area contributed by atoms with E-state index in [4.69, 9.17) is 11.6 Å². The molecule has 0 atom stereocenters. The molecule has 0 spiro atoms. The Labute approximate surface area is 113 Å². The van der Waals surface area contributed by atoms with Gasteiger partial charge in [0.25, 0.3) is 5.91 Å². The molecule has 2 rings (SSSR count). The standard InChI is InChI=1S/C13H9ClF2N2O/c1-7-5-6-17-12(14)11(7)18-13(19)8-3-2-4-9(15)10(8)16/h2-6H,1H3,(H,18,19). The lowest BCUT2D eigenvalue weighted by Crippen LogP contribution is -2.15. The average molecular weight is 283 g/mol. The van der Waals surface area contributed by atoms with Crippen LogP contribution in [0, 0.1) is 18.6 Å². The second kappa shape index (κ2) is 5.32. The van der Waals surface area contributed by atoms with Crippen LogP contribution in [0.1, 0.15) is 15.9 Å². The second-order valence-corrected chi connectivity index (χ2v) is 4.21. The number of nitrogens with one attached hydrogen (secondary N) is 1. The number of pyridine rings is 1. The van der Waals surface area contributed by atoms with Crippen molar-refractivity contribution in [2.24, 2.45) is 0 Å². The molecule has 0 fully saturated rings. The first-order valence-corrected chi connectivity index (χ1v) is 5.75. The van der Waals surface area contributed by atoms with Crippen LogP contribution >= 0.6 is 11.6 Å². The third-order valence-electron chi connectivity index (χ3n) is 2.55. The fraction of sp³-hybridized carbons (Fsp3) is 0.0769. The maximum Gasteiger partial charge on any atom is 0.258 e. The monoisotopic (exact) mass is 282 g/mol. The molecule has 19 heavy (non-hydrogen) atoms. The minimum Gasteiger partial charge on any atom is -0.319 e. The molecule has 0 unspecified atom stereocenters. The van der Waals surface area contributed by atoms with E-state index < -0.39 is 17.5 Å². The van der Waals surface area contributed by atoms with E-state index in [-0.39, 0.29) is 16.4 Å². The Morgan fingerprint density at radius 1 is 1.32 bits per heavy atom. The molecule has 0 aliphatic heterocycles. The molecule has 98 valence electrons. The lowest BCUT2D eigenvalue weighted by molar-refractivity contribution is 0.102. The van der Waals surface area contributed by atoms with Gasteiger partial charge in [0.05, 0.1) is 11.3 Å². The molecule has 0 saturated heterocycles. The number of halogens is 3. The highest BCUT2D eigenvalue weighted by molar-refractivity contribution is 6.32. The molecule has 1 aromatic heterocycles. The Balaban J connectivity index is 2.34. The number of nitrogens with zero attached hydrogens (tertiary/aromatic N) is 1. The molecular formula is C13H9ClF2N2O. The Morgan fingerprint density at radius 3 is 2.74 bits per heavy atom. The summed E-state index contributed by atoms with van der Waals surface area (Å²) in [6.45, 7) is 1.71. The number of aromatic nitrogens is 1. The van der Waals surface area contributed by atoms with Gasteiger partial charge in [-0.15, -0.1) is 0 Å². The van der Waals surface area contributed by atoms with E-state index in [0.717, 1.165) is 6.07 Å². The van der Waals surface area contributed by atoms with Crippen molar-refractivity contribution in [1.29, 1.82) is 0 Å². The SMILES string of the molecule is Cc1ccnc(Cl)c1NC(=O)c1cccc(F)c1F. The molecule has 0 radical (unpaired) electrons. The van der Waals surface area contributed by atoms with Gasteiger partial charge in [-0.2, -0.15) is 0 Å². The zero-order valence-electron chi connectivity index (χ0n) is 9.88. The summed E-state index contributed by atoms with van der Waals surface area (Å²) in [7, 11) is 0. The average Bonchev–Trinajstić information content (AvgIpc) is 2.37. The zero-order chi connectivity index (χ0) is 14.0. The third-order valence-corrected chi connectivity index (χ3v) is 2.83. The van der Waals surface area contributed by atoms with Gasteiger partial charge in [-0.25, -0.2) is 13.8 Å². The Morgan fingerprint density at radius 2 is 2.05 bits per heavy atom. The van der Waals surface area contributed by atoms with E-state index in [1.54, 1.807) is 13.0 Å². The Kier molecular flexibility index (Phi) is 3.76. The Hall–Kier alpha value is -2.01. The van der Waals surface area contributed by atoms with E-state index in [1.165, 1.54) is 18.3 Å². The summed E-state index contributed by atoms with van der Waals surface area (Å²) >= 11 is 5.84. The summed E-state index contributed by atoms with van der Waals surface area (Å²) in [5.74, 6) is -3.06. The number of carbonyl (C=O) groups is 1. The van der Waals surface area contributed by atoms with Crippen LogP contribution in [0.2, 0.25) is 5.15 Å². The van der Waals surface area contributed by atoms with Crippen LogP contribution in [0.15, 0.2) is 30.5 Å². The minimum atomic E-state index is -1.20. The van der Waals surface area contributed by atoms with Crippen LogP contribution in [0.4, 0.5) is 14.5 Å². The molecule has 1 amide bonds. The first-order valence-electron chi connectivity index (χ1n) is 5.37. The maximum absolute atomic E-state index is 13.5. The van der Waals surface area contributed by atoms with E-state index in [0.29, 0.717) is 5.56 Å². The number of benzene rings is 1. The van der Waals surface area contributed by atoms with Gasteiger partial charge in [0.1, 0.15) is 0 Å². The van der Waals surface area contributed by atoms with Gasteiger partial charge in [-0.1, -0.05) is 17.7 Å². The Bertz CT molecular complexity index is 626. The maximum atomic E-state index is 13.5. The second-order valence-electron chi connectivity index (χ2n) is 3.85. The minimum absolute atomic E-state index is 0.0881. The number of rotatable bonds is 2. The van der Waals surface area contributed by atoms with Gasteiger partial charge < -0.3 is 5.32 Å². The smallest absolute Gasteiger partial charge is 0.258 e. The zero-order valence-corrected chi connectivity index (χ0v) is 10.6. The molecule has 0 aliphatic rings. The van der Waals surface area contributed by atoms with Crippen molar-refractivity contribution < 1.29 is 13.6 Å². The number of amides is 1. The van der Waals surface area contributed by atoms with Crippen molar-refractivity contribution in [2.75, 3.05) is 5.32 Å². The first-order chi connectivity index (χ1) is 9.00. The third kappa shape index (κ3) is 2.71. The molecule has 3 nitrogen and oxygen atoms in total. The van der Waals surface area contributed by atoms with Crippen molar-refractivity contribution in [3.05, 3.63) is 58.4 Å². The summed E-state index contributed by atoms with van der Waals surface area (Å²) in [5.41, 5.74) is 0.558. The van der Waals surface area contributed by atoms with Crippen molar-refractivity contribution in [3.63, 3.8) is 0 Å². The largest absolute Gasteiger partial charge is 0.319 e. The molecular weight excluding hydrogens is 274 g/mol. The summed E-state index contributed by atoms with van der Waals surface area (Å²) in [5, 5.41) is 2.51. The fourth-order valence-electron chi connectivity index (χ4n) is 1.54. The van der Waals surface area contributed by atoms with Crippen molar-refractivity contribution in [1.82, 2.24) is 4.98 Å². The first kappa shape index (κ1) is 13.4. The predicted molar refractivity (Wildman–Crippen MR) is 68.3 cm³/mol. The van der Waals surface area contributed by atoms with Gasteiger partial charge in [-0.3, -0.25) is 4.79 Å². The van der Waals surface area contributed by atoms with E-state index in [1.807, 2.05) is 0 Å². The van der Waals surface area contributed by atoms with E-state index in [2.05, 4.69) is 10.3 Å². The topological polar surface area (TPSA) is 42.0 Å². The lowest BCUT2D eigenvalue weighted by atomic mass is 10.1. The highest BCUT2D eigenvalue weighted by Gasteiger charge is 2.17. The molecule has 1 aromatic carbocycles. The van der Waals surface area contributed by atoms with Gasteiger partial charge in [0.2, 0.25) is 0 Å². The molecule has 2 aromatic rings. The molecule has 6 heteroatoms. The van der Waals surface area contributed by atoms with Gasteiger partial charge in [-0.05, 0) is 30.7 Å². The fourth-order valence-corrected chi connectivity index (χ4v) is 1.79. The molecule has 0 aliphatic carbocycles. The number of hydrogen-bond acceptors (Lipinski definition) is 2. The highest BCUT2D eigenvalue weighted by Crippen LogP contribution is 2.24. The predicted octanol–water partition coefficient (Wildman–Crippen LogP) is 3.57. The quantitative estimate of drug-likeness (QED) is 0.856. The van der Waals surface area contributed by atoms with Crippen molar-refractivity contribution >= 4 is 23.2 Å². The van der Waals surface area contributed by atoms with Crippen LogP contribution in [-0.4, -0.2) is 10.9 Å². The van der Waals surface area contributed by atoms with Crippen LogP contribution in [0.3, 0.4) is 0 Å². The van der Waals surface area contributed by atoms with Crippen molar-refractivity contribution in [3.8, 4) is 0 Å². The number of hydrogen-bond donors (Lipinski definition) is 1. The van der Waals surface area contributed by atoms with Crippen LogP contribution in [0.5, 0.6) is 0 Å². The summed E-state index contributed by atoms with van der Waals surface area (Å²) in [6, 6.07) is 5.02. The van der Waals surface area contributed by atoms with E-state index >= 15 is 0 Å². The van der Waals surface area contributed by atoms with Gasteiger partial charge >= 0.3 is 0 Å². The van der Waals surface area contributed by atoms with Gasteiger partial charge in [0.15, 0.2) is 16.8 Å². The molecule has 1 N–H and O–H groups in total. The molecule has 1 heterocycles. The number of carbonyl (C=O) groups excluding carboxylic acids is 1. The number of aryl methyl sites for hydroxylation is 1. The van der Waals surface area contributed by atoms with E-state index in [9.17, 15) is 13.6 Å². The van der Waals surface area contributed by atoms with Gasteiger partial charge in [0, 0.05) is 6.20 Å². The van der Waals surface area contributed by atoms with Crippen LogP contribution in [0.25, 0.3) is 0 Å². The van der Waals surface area contributed by atoms with Crippen molar-refractivity contribution in [2.45, 2.75) is 6.92 Å². The highest BCUT2D eigenvalue weighted by atomic mass is 35.5. The molecule has 0 saturated carbocycles. The summed E-state index contributed by atoms with van der Waals surface area (Å²) in [6.07, 6.45) is 1.48. The number of anilines is 1. The summed E-state index contributed by atoms with van der Waals surface area (Å²) < 4.78 is 26.5. The van der Waals surface area contributed by atoms with Crippen LogP contribution < -0.4 is 5.32 Å². The normalized spacial score (nSPS) is 10.3. The molecule has 0 bridgehead atoms. The van der Waals surface area contributed by atoms with Crippen LogP contribution in [-0.2, 0) is 0 Å². The lowest BCUT2D eigenvalue weighted by Gasteiger charge is -2.10. The summed E-state index contributed by atoms with van der Waals surface area (Å²) in [4.78, 5) is 15.7.